The molecule has 0 aromatic heterocycles. The van der Waals surface area contributed by atoms with Crippen LogP contribution in [0.2, 0.25) is 0 Å². The Labute approximate surface area is 252 Å². The average Bonchev–Trinajstić information content (AvgIpc) is 3.23. The molecule has 6 heteroatoms. The Morgan fingerprint density at radius 1 is 1.00 bits per heavy atom. The van der Waals surface area contributed by atoms with E-state index >= 15 is 0 Å². The van der Waals surface area contributed by atoms with Crippen LogP contribution in [-0.4, -0.2) is 29.3 Å². The Hall–Kier alpha value is -2.50. The molecule has 1 aromatic carbocycles. The molecule has 3 fully saturated rings. The number of carboxylic acids is 1. The van der Waals surface area contributed by atoms with Gasteiger partial charge in [0, 0.05) is 38.6 Å². The summed E-state index contributed by atoms with van der Waals surface area (Å²) in [6, 6.07) is 2.25. The SMILES string of the molecule is CC[C@@]12CC[C@]3(C)C(=C[C@@H](CNC(C)=O)c4c3cc3c(c4C)OC(C)(C)O3)[C@@]1(C)CC[C@@]1(C)CC[C@@](C)(C(=O)O)C[C@H]12. The first-order chi connectivity index (χ1) is 19.5. The summed E-state index contributed by atoms with van der Waals surface area (Å²) in [5.74, 6) is 0.629. The third-order valence-corrected chi connectivity index (χ3v) is 13.3. The number of hydrogen-bond donors (Lipinski definition) is 2. The number of carbonyl (C=O) groups is 2. The van der Waals surface area contributed by atoms with Crippen molar-refractivity contribution in [2.75, 3.05) is 6.54 Å². The second kappa shape index (κ2) is 9.01. The van der Waals surface area contributed by atoms with Gasteiger partial charge in [-0.15, -0.1) is 0 Å². The van der Waals surface area contributed by atoms with Crippen LogP contribution in [0.1, 0.15) is 129 Å². The maximum absolute atomic E-state index is 12.6. The molecule has 5 aliphatic rings. The quantitative estimate of drug-likeness (QED) is 0.357. The summed E-state index contributed by atoms with van der Waals surface area (Å²) < 4.78 is 12.6. The minimum absolute atomic E-state index is 0.0197. The fraction of sp³-hybridized carbons (Fsp3) is 0.722. The van der Waals surface area contributed by atoms with E-state index in [-0.39, 0.29) is 33.5 Å². The molecule has 0 radical (unpaired) electrons. The summed E-state index contributed by atoms with van der Waals surface area (Å²) in [5.41, 5.74) is 4.43. The van der Waals surface area contributed by atoms with E-state index in [1.165, 1.54) is 16.7 Å². The minimum Gasteiger partial charge on any atom is -0.481 e. The van der Waals surface area contributed by atoms with E-state index in [0.717, 1.165) is 68.4 Å². The number of amides is 1. The predicted octanol–water partition coefficient (Wildman–Crippen LogP) is 7.81. The molecule has 7 atom stereocenters. The molecule has 3 saturated carbocycles. The molecule has 0 bridgehead atoms. The van der Waals surface area contributed by atoms with Gasteiger partial charge in [0.15, 0.2) is 11.5 Å². The lowest BCUT2D eigenvalue weighted by Gasteiger charge is -2.71. The van der Waals surface area contributed by atoms with Crippen molar-refractivity contribution < 1.29 is 24.2 Å². The van der Waals surface area contributed by atoms with Gasteiger partial charge < -0.3 is 19.9 Å². The van der Waals surface area contributed by atoms with Crippen LogP contribution in [0.5, 0.6) is 11.5 Å². The smallest absolute Gasteiger partial charge is 0.309 e. The molecule has 1 aliphatic heterocycles. The lowest BCUT2D eigenvalue weighted by molar-refractivity contribution is -0.183. The number of hydrogen-bond acceptors (Lipinski definition) is 4. The van der Waals surface area contributed by atoms with Gasteiger partial charge in [0.25, 0.3) is 0 Å². The van der Waals surface area contributed by atoms with Gasteiger partial charge in [0.1, 0.15) is 0 Å². The number of nitrogens with one attached hydrogen (secondary N) is 1. The van der Waals surface area contributed by atoms with Gasteiger partial charge in [0.2, 0.25) is 11.7 Å². The molecule has 4 aliphatic carbocycles. The number of ether oxygens (including phenoxy) is 2. The van der Waals surface area contributed by atoms with Crippen LogP contribution < -0.4 is 14.8 Å². The Balaban J connectivity index is 1.53. The lowest BCUT2D eigenvalue weighted by atomic mass is 9.33. The standard InChI is InChI=1S/C36H51NO5/c1-10-36-16-14-34(8)24-18-25-29(42-31(4,5)41-25)21(2)28(24)23(20-37-22(3)38)17-26(34)35(36,9)15-13-32(6)11-12-33(7,30(39)40)19-27(32)36/h17-18,23,27H,10-16,19-20H2,1-9H3,(H,37,38)(H,39,40)/t23-,27+,32+,33+,34-,35+,36-/m0/s1. The first-order valence-corrected chi connectivity index (χ1v) is 16.2. The normalized spacial score (nSPS) is 41.0. The predicted molar refractivity (Wildman–Crippen MR) is 164 cm³/mol. The fourth-order valence-electron chi connectivity index (χ4n) is 10.7. The Kier molecular flexibility index (Phi) is 6.35. The van der Waals surface area contributed by atoms with Crippen molar-refractivity contribution in [3.05, 3.63) is 34.4 Å². The van der Waals surface area contributed by atoms with Crippen molar-refractivity contribution in [2.24, 2.45) is 27.6 Å². The molecule has 42 heavy (non-hydrogen) atoms. The van der Waals surface area contributed by atoms with Gasteiger partial charge in [-0.25, -0.2) is 0 Å². The minimum atomic E-state index is -0.719. The summed E-state index contributed by atoms with van der Waals surface area (Å²) in [4.78, 5) is 24.8. The summed E-state index contributed by atoms with van der Waals surface area (Å²) in [5, 5.41) is 13.5. The molecule has 0 spiro atoms. The highest BCUT2D eigenvalue weighted by Gasteiger charge is 2.68. The number of allylic oxidation sites excluding steroid dienone is 1. The van der Waals surface area contributed by atoms with Gasteiger partial charge in [-0.3, -0.25) is 9.59 Å². The summed E-state index contributed by atoms with van der Waals surface area (Å²) in [7, 11) is 0. The van der Waals surface area contributed by atoms with Crippen molar-refractivity contribution >= 4 is 11.9 Å². The van der Waals surface area contributed by atoms with Crippen LogP contribution >= 0.6 is 0 Å². The maximum Gasteiger partial charge on any atom is 0.309 e. The van der Waals surface area contributed by atoms with E-state index in [0.29, 0.717) is 12.5 Å². The molecular weight excluding hydrogens is 526 g/mol. The first-order valence-electron chi connectivity index (χ1n) is 16.2. The molecule has 1 aromatic rings. The zero-order chi connectivity index (χ0) is 30.7. The van der Waals surface area contributed by atoms with Gasteiger partial charge in [-0.1, -0.05) is 39.3 Å². The maximum atomic E-state index is 12.6. The fourth-order valence-corrected chi connectivity index (χ4v) is 10.7. The van der Waals surface area contributed by atoms with Crippen LogP contribution in [0, 0.1) is 34.5 Å². The van der Waals surface area contributed by atoms with E-state index in [9.17, 15) is 14.7 Å². The molecule has 0 saturated heterocycles. The van der Waals surface area contributed by atoms with Gasteiger partial charge in [0.05, 0.1) is 5.41 Å². The highest BCUT2D eigenvalue weighted by atomic mass is 16.7. The average molecular weight is 578 g/mol. The molecule has 0 unspecified atom stereocenters. The summed E-state index contributed by atoms with van der Waals surface area (Å²) >= 11 is 0. The number of aliphatic carboxylic acids is 1. The van der Waals surface area contributed by atoms with Crippen LogP contribution in [-0.2, 0) is 15.0 Å². The van der Waals surface area contributed by atoms with Crippen LogP contribution in [0.15, 0.2) is 17.7 Å². The Morgan fingerprint density at radius 2 is 1.69 bits per heavy atom. The Morgan fingerprint density at radius 3 is 2.33 bits per heavy atom. The zero-order valence-corrected chi connectivity index (χ0v) is 27.3. The van der Waals surface area contributed by atoms with Crippen molar-refractivity contribution in [1.29, 1.82) is 0 Å². The lowest BCUT2D eigenvalue weighted by Crippen LogP contribution is -2.63. The third kappa shape index (κ3) is 3.81. The van der Waals surface area contributed by atoms with E-state index in [1.54, 1.807) is 6.92 Å². The molecule has 6 nitrogen and oxygen atoms in total. The Bertz CT molecular complexity index is 1400. The van der Waals surface area contributed by atoms with Crippen molar-refractivity contribution in [3.63, 3.8) is 0 Å². The second-order valence-corrected chi connectivity index (χ2v) is 16.0. The molecule has 1 amide bonds. The van der Waals surface area contributed by atoms with Gasteiger partial charge in [-0.2, -0.15) is 0 Å². The van der Waals surface area contributed by atoms with Crippen LogP contribution in [0.3, 0.4) is 0 Å². The molecule has 6 rings (SSSR count). The first kappa shape index (κ1) is 29.6. The van der Waals surface area contributed by atoms with Gasteiger partial charge in [-0.05, 0) is 110 Å². The van der Waals surface area contributed by atoms with E-state index in [1.807, 2.05) is 20.8 Å². The largest absolute Gasteiger partial charge is 0.481 e. The molecule has 2 N–H and O–H groups in total. The van der Waals surface area contributed by atoms with Crippen molar-refractivity contribution in [3.8, 4) is 11.5 Å². The second-order valence-electron chi connectivity index (χ2n) is 16.0. The van der Waals surface area contributed by atoms with Gasteiger partial charge >= 0.3 is 5.97 Å². The zero-order valence-electron chi connectivity index (χ0n) is 27.3. The van der Waals surface area contributed by atoms with Crippen LogP contribution in [0.4, 0.5) is 0 Å². The number of rotatable bonds is 4. The molecular formula is C36H51NO5. The number of carbonyl (C=O) groups excluding carboxylic acids is 1. The van der Waals surface area contributed by atoms with E-state index in [4.69, 9.17) is 9.47 Å². The highest BCUT2D eigenvalue weighted by Crippen LogP contribution is 2.76. The highest BCUT2D eigenvalue weighted by molar-refractivity contribution is 5.74. The molecule has 1 heterocycles. The number of fused-ring (bicyclic) bond motifs is 8. The number of carboxylic acid groups (broad SMARTS) is 1. The monoisotopic (exact) mass is 577 g/mol. The summed E-state index contributed by atoms with van der Waals surface area (Å²) in [6.45, 7) is 19.9. The van der Waals surface area contributed by atoms with E-state index < -0.39 is 17.2 Å². The van der Waals surface area contributed by atoms with E-state index in [2.05, 4.69) is 52.1 Å². The topological polar surface area (TPSA) is 84.9 Å². The van der Waals surface area contributed by atoms with Crippen molar-refractivity contribution in [2.45, 2.75) is 131 Å². The molecule has 230 valence electrons. The number of benzene rings is 1. The van der Waals surface area contributed by atoms with Crippen molar-refractivity contribution in [1.82, 2.24) is 5.32 Å². The summed E-state index contributed by atoms with van der Waals surface area (Å²) in [6.07, 6.45) is 10.4. The third-order valence-electron chi connectivity index (χ3n) is 13.3. The van der Waals surface area contributed by atoms with Crippen LogP contribution in [0.25, 0.3) is 0 Å².